The second kappa shape index (κ2) is 9.51. The predicted molar refractivity (Wildman–Crippen MR) is 113 cm³/mol. The zero-order valence-corrected chi connectivity index (χ0v) is 16.3. The van der Waals surface area contributed by atoms with Gasteiger partial charge in [0.15, 0.2) is 17.0 Å². The lowest BCUT2D eigenvalue weighted by molar-refractivity contribution is -0.140. The summed E-state index contributed by atoms with van der Waals surface area (Å²) in [6.07, 6.45) is 0.355. The molecule has 13 heteroatoms. The van der Waals surface area contributed by atoms with Crippen molar-refractivity contribution in [3.05, 3.63) is 41.6 Å². The molecule has 3 aromatic rings. The molecule has 1 aromatic carbocycles. The van der Waals surface area contributed by atoms with Gasteiger partial charge in [-0.15, -0.1) is 0 Å². The van der Waals surface area contributed by atoms with Gasteiger partial charge in [0, 0.05) is 17.7 Å². The van der Waals surface area contributed by atoms with Crippen LogP contribution in [0.2, 0.25) is 0 Å². The van der Waals surface area contributed by atoms with E-state index in [-0.39, 0.29) is 35.2 Å². The van der Waals surface area contributed by atoms with Gasteiger partial charge >= 0.3 is 11.9 Å². The summed E-state index contributed by atoms with van der Waals surface area (Å²) < 4.78 is 32.7. The van der Waals surface area contributed by atoms with Gasteiger partial charge < -0.3 is 32.3 Å². The van der Waals surface area contributed by atoms with Crippen molar-refractivity contribution < 1.29 is 30.1 Å². The predicted octanol–water partition coefficient (Wildman–Crippen LogP) is 0.244. The summed E-state index contributed by atoms with van der Waals surface area (Å²) in [5, 5.41) is 22.7. The minimum Gasteiger partial charge on any atom is -0.481 e. The van der Waals surface area contributed by atoms with Crippen molar-refractivity contribution in [2.45, 2.75) is 25.4 Å². The number of carbonyl (C=O) groups is 3. The number of hydrogen-bond donors (Lipinski definition) is 6. The van der Waals surface area contributed by atoms with Crippen LogP contribution in [0, 0.1) is 0 Å². The molecule has 13 nitrogen and oxygen atoms in total. The lowest BCUT2D eigenvalue weighted by atomic mass is 10.1. The first-order valence-electron chi connectivity index (χ1n) is 11.0. The lowest BCUT2D eigenvalue weighted by Crippen LogP contribution is -2.41. The molecule has 1 atom stereocenters. The summed E-state index contributed by atoms with van der Waals surface area (Å²) in [5.74, 6) is -4.06. The van der Waals surface area contributed by atoms with Crippen LogP contribution in [-0.2, 0) is 16.1 Å². The van der Waals surface area contributed by atoms with Gasteiger partial charge in [0.25, 0.3) is 5.91 Å². The largest absolute Gasteiger partial charge is 0.481 e. The maximum atomic E-state index is 12.6. The molecule has 0 fully saturated rings. The number of aromatic nitrogens is 4. The van der Waals surface area contributed by atoms with E-state index in [1.54, 1.807) is 0 Å². The van der Waals surface area contributed by atoms with Gasteiger partial charge in [-0.2, -0.15) is 9.97 Å². The van der Waals surface area contributed by atoms with Crippen molar-refractivity contribution in [2.24, 2.45) is 0 Å². The number of nitrogens with one attached hydrogen (secondary N) is 2. The van der Waals surface area contributed by atoms with E-state index in [0.717, 1.165) is 0 Å². The molecule has 1 amide bonds. The summed E-state index contributed by atoms with van der Waals surface area (Å²) in [5.41, 5.74) is 11.0. The Morgan fingerprint density at radius 1 is 1.09 bits per heavy atom. The first-order valence-corrected chi connectivity index (χ1v) is 9.05. The van der Waals surface area contributed by atoms with E-state index in [2.05, 4.69) is 25.3 Å². The second-order valence-corrected chi connectivity index (χ2v) is 6.40. The summed E-state index contributed by atoms with van der Waals surface area (Å²) in [6.45, 7) is -0.106. The average Bonchev–Trinajstić information content (AvgIpc) is 2.80. The van der Waals surface area contributed by atoms with E-state index >= 15 is 0 Å². The first kappa shape index (κ1) is 17.2. The Labute approximate surface area is 186 Å². The molecule has 0 aliphatic rings. The molecule has 0 aliphatic heterocycles. The van der Waals surface area contributed by atoms with E-state index in [0.29, 0.717) is 5.69 Å². The van der Waals surface area contributed by atoms with Crippen LogP contribution in [0.5, 0.6) is 0 Å². The van der Waals surface area contributed by atoms with Crippen LogP contribution in [0.1, 0.15) is 34.4 Å². The van der Waals surface area contributed by atoms with Crippen molar-refractivity contribution in [3.63, 3.8) is 0 Å². The number of fused-ring (bicyclic) bond motifs is 1. The van der Waals surface area contributed by atoms with Gasteiger partial charge in [-0.1, -0.05) is 0 Å². The number of nitrogens with two attached hydrogens (primary N) is 2. The van der Waals surface area contributed by atoms with Gasteiger partial charge in [-0.3, -0.25) is 9.59 Å². The fourth-order valence-corrected chi connectivity index (χ4v) is 2.52. The number of carbonyl (C=O) groups excluding carboxylic acids is 1. The normalized spacial score (nSPS) is 13.4. The highest BCUT2D eigenvalue weighted by Crippen LogP contribution is 2.16. The maximum absolute atomic E-state index is 12.6. The van der Waals surface area contributed by atoms with Crippen molar-refractivity contribution >= 4 is 46.5 Å². The number of benzene rings is 1. The van der Waals surface area contributed by atoms with E-state index < -0.39 is 66.5 Å². The van der Waals surface area contributed by atoms with E-state index in [1.165, 1.54) is 6.20 Å². The monoisotopic (exact) mass is 444 g/mol. The first-order chi connectivity index (χ1) is 16.9. The highest BCUT2D eigenvalue weighted by Gasteiger charge is 2.21. The Kier molecular flexibility index (Phi) is 5.10. The van der Waals surface area contributed by atoms with Crippen LogP contribution in [0.3, 0.4) is 0 Å². The highest BCUT2D eigenvalue weighted by atomic mass is 16.4. The zero-order valence-electron chi connectivity index (χ0n) is 20.3. The van der Waals surface area contributed by atoms with Gasteiger partial charge in [-0.05, 0) is 30.6 Å². The molecule has 32 heavy (non-hydrogen) atoms. The van der Waals surface area contributed by atoms with Crippen LogP contribution in [0.4, 0.5) is 17.5 Å². The van der Waals surface area contributed by atoms with Crippen molar-refractivity contribution in [1.29, 1.82) is 0 Å². The molecule has 0 saturated heterocycles. The summed E-state index contributed by atoms with van der Waals surface area (Å²) in [6, 6.07) is -4.25. The Hall–Kier alpha value is -4.55. The molecule has 166 valence electrons. The third-order valence-corrected chi connectivity index (χ3v) is 4.05. The molecule has 2 aromatic heterocycles. The summed E-state index contributed by atoms with van der Waals surface area (Å²) >= 11 is 0. The minimum atomic E-state index is -1.60. The number of nitrogens with zero attached hydrogens (tertiary/aromatic N) is 4. The molecule has 0 radical (unpaired) electrons. The molecule has 0 bridgehead atoms. The van der Waals surface area contributed by atoms with Gasteiger partial charge in [0.05, 0.1) is 23.9 Å². The quantitative estimate of drug-likeness (QED) is 0.261. The minimum absolute atomic E-state index is 0.00511. The maximum Gasteiger partial charge on any atom is 0.326 e. The Morgan fingerprint density at radius 3 is 2.47 bits per heavy atom. The molecule has 0 unspecified atom stereocenters. The third kappa shape index (κ3) is 5.53. The Bertz CT molecular complexity index is 1360. The molecule has 0 saturated carbocycles. The van der Waals surface area contributed by atoms with Gasteiger partial charge in [0.2, 0.25) is 5.95 Å². The SMILES string of the molecule is [2H]c1c([2H])c(C(=O)N[C@@H](CCC(=O)O)C(=O)O)c([2H])c([2H])c1NCc1cnc2nc(N)nc(N)c2n1. The Morgan fingerprint density at radius 2 is 1.81 bits per heavy atom. The number of aliphatic carboxylic acids is 2. The molecular weight excluding hydrogens is 420 g/mol. The number of rotatable bonds is 9. The van der Waals surface area contributed by atoms with Gasteiger partial charge in [-0.25, -0.2) is 14.8 Å². The number of carboxylic acids is 2. The molecule has 8 N–H and O–H groups in total. The fourth-order valence-electron chi connectivity index (χ4n) is 2.52. The number of amides is 1. The van der Waals surface area contributed by atoms with Gasteiger partial charge in [0.1, 0.15) is 6.04 Å². The van der Waals surface area contributed by atoms with E-state index in [1.807, 2.05) is 5.32 Å². The standard InChI is InChI=1S/C19H20N8O5/c20-15-14-16(27-19(21)26-15)23-8-11(24-14)7-22-10-3-1-9(2-4-10)17(30)25-12(18(31)32)5-6-13(28)29/h1-4,8,12,22H,5-7H2,(H,25,30)(H,28,29)(H,31,32)(H4,20,21,23,26,27)/t12-/m0/s1/i1D,2D,3D,4D. The van der Waals surface area contributed by atoms with E-state index in [4.69, 9.17) is 22.1 Å². The topological polar surface area (TPSA) is 219 Å². The number of carboxylic acid groups (broad SMARTS) is 2. The van der Waals surface area contributed by atoms with E-state index in [9.17, 15) is 19.5 Å². The van der Waals surface area contributed by atoms with Crippen molar-refractivity contribution in [1.82, 2.24) is 25.3 Å². The second-order valence-electron chi connectivity index (χ2n) is 6.40. The van der Waals surface area contributed by atoms with Crippen LogP contribution in [0.25, 0.3) is 11.2 Å². The number of anilines is 3. The number of hydrogen-bond acceptors (Lipinski definition) is 10. The number of nitrogen functional groups attached to an aromatic ring is 2. The van der Waals surface area contributed by atoms with Crippen LogP contribution >= 0.6 is 0 Å². The average molecular weight is 444 g/mol. The molecule has 0 aliphatic carbocycles. The van der Waals surface area contributed by atoms with Crippen LogP contribution in [-0.4, -0.2) is 54.0 Å². The molecule has 2 heterocycles. The molecular formula is C19H20N8O5. The summed E-state index contributed by atoms with van der Waals surface area (Å²) in [4.78, 5) is 50.7. The van der Waals surface area contributed by atoms with Crippen LogP contribution < -0.4 is 22.1 Å². The van der Waals surface area contributed by atoms with Crippen molar-refractivity contribution in [3.8, 4) is 0 Å². The zero-order chi connectivity index (χ0) is 26.7. The van der Waals surface area contributed by atoms with Crippen molar-refractivity contribution in [2.75, 3.05) is 16.8 Å². The third-order valence-electron chi connectivity index (χ3n) is 4.05. The lowest BCUT2D eigenvalue weighted by Gasteiger charge is -2.14. The molecule has 0 spiro atoms. The summed E-state index contributed by atoms with van der Waals surface area (Å²) in [7, 11) is 0. The fraction of sp³-hybridized carbons (Fsp3) is 0.211. The highest BCUT2D eigenvalue weighted by molar-refractivity contribution is 5.97. The smallest absolute Gasteiger partial charge is 0.326 e. The molecule has 3 rings (SSSR count). The Balaban J connectivity index is 1.86. The van der Waals surface area contributed by atoms with Crippen LogP contribution in [0.15, 0.2) is 30.4 Å².